The normalized spacial score (nSPS) is 23.5. The third-order valence-corrected chi connectivity index (χ3v) is 5.92. The van der Waals surface area contributed by atoms with E-state index in [4.69, 9.17) is 4.74 Å². The predicted octanol–water partition coefficient (Wildman–Crippen LogP) is 2.83. The zero-order valence-electron chi connectivity index (χ0n) is 13.2. The average Bonchev–Trinajstić information content (AvgIpc) is 3.05. The van der Waals surface area contributed by atoms with Gasteiger partial charge in [-0.2, -0.15) is 0 Å². The molecule has 2 aromatic rings. The molecule has 0 saturated carbocycles. The molecule has 1 N–H and O–H groups in total. The molecule has 2 aliphatic rings. The molecule has 2 heterocycles. The van der Waals surface area contributed by atoms with Crippen LogP contribution in [-0.4, -0.2) is 33.6 Å². The minimum absolute atomic E-state index is 0.0712. The molecule has 4 nitrogen and oxygen atoms in total. The Bertz CT molecular complexity index is 719. The molecular formula is C19H19NO3S. The fourth-order valence-electron chi connectivity index (χ4n) is 3.25. The summed E-state index contributed by atoms with van der Waals surface area (Å²) < 4.78 is 5.76. The zero-order chi connectivity index (χ0) is 16.5. The van der Waals surface area contributed by atoms with E-state index in [0.717, 1.165) is 29.2 Å². The van der Waals surface area contributed by atoms with Crippen LogP contribution in [0.15, 0.2) is 54.6 Å². The van der Waals surface area contributed by atoms with Crippen molar-refractivity contribution < 1.29 is 14.6 Å². The molecule has 0 radical (unpaired) electrons. The van der Waals surface area contributed by atoms with E-state index >= 15 is 0 Å². The first kappa shape index (κ1) is 15.5. The van der Waals surface area contributed by atoms with Gasteiger partial charge in [0, 0.05) is 12.3 Å². The Labute approximate surface area is 145 Å². The fourth-order valence-corrected chi connectivity index (χ4v) is 4.66. The summed E-state index contributed by atoms with van der Waals surface area (Å²) in [5.41, 5.74) is 1.88. The number of hydrogen-bond donors (Lipinski definition) is 1. The van der Waals surface area contributed by atoms with Crippen LogP contribution in [-0.2, 0) is 11.4 Å². The second kappa shape index (κ2) is 6.49. The number of carbonyl (C=O) groups is 1. The van der Waals surface area contributed by atoms with Crippen molar-refractivity contribution in [2.24, 2.45) is 5.92 Å². The minimum Gasteiger partial charge on any atom is -0.489 e. The van der Waals surface area contributed by atoms with Crippen LogP contribution in [0.2, 0.25) is 0 Å². The van der Waals surface area contributed by atoms with Crippen LogP contribution in [0.5, 0.6) is 5.75 Å². The number of benzene rings is 2. The number of β-lactam (4-membered cyclic amide) rings is 1. The molecule has 2 fully saturated rings. The molecule has 24 heavy (non-hydrogen) atoms. The quantitative estimate of drug-likeness (QED) is 0.850. The smallest absolute Gasteiger partial charge is 0.232 e. The van der Waals surface area contributed by atoms with Gasteiger partial charge < -0.3 is 14.7 Å². The van der Waals surface area contributed by atoms with Crippen LogP contribution in [0.1, 0.15) is 17.2 Å². The Hall–Kier alpha value is -1.98. The highest BCUT2D eigenvalue weighted by atomic mass is 32.2. The molecule has 124 valence electrons. The third kappa shape index (κ3) is 2.78. The lowest BCUT2D eigenvalue weighted by Gasteiger charge is -2.44. The number of aliphatic hydroxyl groups is 1. The van der Waals surface area contributed by atoms with E-state index in [-0.39, 0.29) is 17.2 Å². The zero-order valence-corrected chi connectivity index (χ0v) is 14.0. The Balaban J connectivity index is 1.39. The third-order valence-electron chi connectivity index (χ3n) is 4.61. The lowest BCUT2D eigenvalue weighted by Crippen LogP contribution is -2.58. The van der Waals surface area contributed by atoms with Crippen LogP contribution in [0.3, 0.4) is 0 Å². The van der Waals surface area contributed by atoms with Crippen molar-refractivity contribution in [3.8, 4) is 5.75 Å². The van der Waals surface area contributed by atoms with Crippen molar-refractivity contribution in [3.05, 3.63) is 65.7 Å². The predicted molar refractivity (Wildman–Crippen MR) is 93.6 cm³/mol. The molecule has 1 unspecified atom stereocenters. The molecule has 0 aliphatic carbocycles. The molecular weight excluding hydrogens is 322 g/mol. The topological polar surface area (TPSA) is 49.8 Å². The van der Waals surface area contributed by atoms with Gasteiger partial charge in [-0.25, -0.2) is 0 Å². The second-order valence-electron chi connectivity index (χ2n) is 6.11. The Morgan fingerprint density at radius 1 is 1.17 bits per heavy atom. The molecule has 2 aliphatic heterocycles. The molecule has 4 rings (SSSR count). The summed E-state index contributed by atoms with van der Waals surface area (Å²) in [6, 6.07) is 17.4. The molecule has 0 spiro atoms. The van der Waals surface area contributed by atoms with Crippen molar-refractivity contribution in [1.82, 2.24) is 4.90 Å². The molecule has 0 aromatic heterocycles. The van der Waals surface area contributed by atoms with E-state index in [1.54, 1.807) is 11.8 Å². The van der Waals surface area contributed by atoms with Crippen molar-refractivity contribution in [2.75, 3.05) is 12.3 Å². The van der Waals surface area contributed by atoms with Crippen LogP contribution >= 0.6 is 11.8 Å². The summed E-state index contributed by atoms with van der Waals surface area (Å²) in [6.07, 6.45) is -0.743. The number of ether oxygens (including phenoxy) is 1. The second-order valence-corrected chi connectivity index (χ2v) is 7.33. The van der Waals surface area contributed by atoms with E-state index < -0.39 is 6.10 Å². The Morgan fingerprint density at radius 2 is 1.92 bits per heavy atom. The van der Waals surface area contributed by atoms with Gasteiger partial charge in [0.25, 0.3) is 0 Å². The van der Waals surface area contributed by atoms with Crippen molar-refractivity contribution in [2.45, 2.75) is 18.1 Å². The lowest BCUT2D eigenvalue weighted by atomic mass is 9.88. The summed E-state index contributed by atoms with van der Waals surface area (Å²) in [5.74, 6) is 1.48. The minimum atomic E-state index is -0.743. The summed E-state index contributed by atoms with van der Waals surface area (Å²) in [4.78, 5) is 14.0. The van der Waals surface area contributed by atoms with Crippen LogP contribution < -0.4 is 4.74 Å². The van der Waals surface area contributed by atoms with E-state index in [1.807, 2.05) is 59.5 Å². The van der Waals surface area contributed by atoms with E-state index in [1.165, 1.54) is 0 Å². The fraction of sp³-hybridized carbons (Fsp3) is 0.316. The summed E-state index contributed by atoms with van der Waals surface area (Å²) in [6.45, 7) is 1.32. The number of hydrogen-bond acceptors (Lipinski definition) is 4. The Morgan fingerprint density at radius 3 is 2.67 bits per heavy atom. The lowest BCUT2D eigenvalue weighted by molar-refractivity contribution is -0.156. The van der Waals surface area contributed by atoms with Crippen LogP contribution in [0.25, 0.3) is 0 Å². The maximum Gasteiger partial charge on any atom is 0.232 e. The van der Waals surface area contributed by atoms with Crippen LogP contribution in [0, 0.1) is 5.92 Å². The number of fused-ring (bicyclic) bond motifs is 1. The standard InChI is InChI=1S/C19H19NO3S/c21-17(16-18(22)20-10-11-24-19(16)20)14-6-8-15(9-7-14)23-12-13-4-2-1-3-5-13/h1-9,16-17,19,21H,10-12H2/t16-,17?,19-/m0/s1. The summed E-state index contributed by atoms with van der Waals surface area (Å²) >= 11 is 1.76. The van der Waals surface area contributed by atoms with Gasteiger partial charge in [-0.15, -0.1) is 11.8 Å². The SMILES string of the molecule is O=C1[C@H](C(O)c2ccc(OCc3ccccc3)cc2)[C@@H]2SCCN12. The van der Waals surface area contributed by atoms with E-state index in [0.29, 0.717) is 6.61 Å². The van der Waals surface area contributed by atoms with Gasteiger partial charge in [-0.3, -0.25) is 4.79 Å². The van der Waals surface area contributed by atoms with Gasteiger partial charge in [-0.05, 0) is 23.3 Å². The average molecular weight is 341 g/mol. The van der Waals surface area contributed by atoms with Crippen LogP contribution in [0.4, 0.5) is 0 Å². The van der Waals surface area contributed by atoms with Gasteiger partial charge in [0.1, 0.15) is 12.4 Å². The Kier molecular flexibility index (Phi) is 4.21. The molecule has 3 atom stereocenters. The molecule has 0 bridgehead atoms. The highest BCUT2D eigenvalue weighted by molar-refractivity contribution is 8.00. The van der Waals surface area contributed by atoms with Gasteiger partial charge in [0.05, 0.1) is 17.4 Å². The first-order chi connectivity index (χ1) is 11.7. The first-order valence-corrected chi connectivity index (χ1v) is 9.16. The number of carbonyl (C=O) groups excluding carboxylic acids is 1. The van der Waals surface area contributed by atoms with Crippen molar-refractivity contribution >= 4 is 17.7 Å². The van der Waals surface area contributed by atoms with Gasteiger partial charge in [0.15, 0.2) is 0 Å². The van der Waals surface area contributed by atoms with Gasteiger partial charge in [0.2, 0.25) is 5.91 Å². The monoisotopic (exact) mass is 341 g/mol. The van der Waals surface area contributed by atoms with Gasteiger partial charge in [-0.1, -0.05) is 42.5 Å². The number of aliphatic hydroxyl groups excluding tert-OH is 1. The number of amides is 1. The van der Waals surface area contributed by atoms with Crippen molar-refractivity contribution in [1.29, 1.82) is 0 Å². The number of rotatable bonds is 5. The van der Waals surface area contributed by atoms with Crippen molar-refractivity contribution in [3.63, 3.8) is 0 Å². The number of thioether (sulfide) groups is 1. The molecule has 2 saturated heterocycles. The van der Waals surface area contributed by atoms with E-state index in [2.05, 4.69) is 0 Å². The van der Waals surface area contributed by atoms with E-state index in [9.17, 15) is 9.90 Å². The first-order valence-electron chi connectivity index (χ1n) is 8.11. The summed E-state index contributed by atoms with van der Waals surface area (Å²) in [7, 11) is 0. The maximum atomic E-state index is 12.1. The molecule has 2 aromatic carbocycles. The summed E-state index contributed by atoms with van der Waals surface area (Å²) in [5, 5.41) is 10.7. The van der Waals surface area contributed by atoms with Gasteiger partial charge >= 0.3 is 0 Å². The largest absolute Gasteiger partial charge is 0.489 e. The molecule has 5 heteroatoms. The molecule has 1 amide bonds. The number of nitrogens with zero attached hydrogens (tertiary/aromatic N) is 1. The highest BCUT2D eigenvalue weighted by Crippen LogP contribution is 2.45. The highest BCUT2D eigenvalue weighted by Gasteiger charge is 2.53. The maximum absolute atomic E-state index is 12.1.